The molecule has 7 nitrogen and oxygen atoms in total. The molecule has 1 atom stereocenters. The minimum absolute atomic E-state index is 0.214. The van der Waals surface area contributed by atoms with E-state index in [0.29, 0.717) is 35.4 Å². The molecule has 0 saturated carbocycles. The van der Waals surface area contributed by atoms with Crippen LogP contribution in [-0.4, -0.2) is 31.2 Å². The van der Waals surface area contributed by atoms with Gasteiger partial charge in [0.25, 0.3) is 5.91 Å². The number of nitrogen functional groups attached to an aromatic ring is 1. The Balaban J connectivity index is 1.62. The zero-order chi connectivity index (χ0) is 18.7. The van der Waals surface area contributed by atoms with Crippen LogP contribution in [0.2, 0.25) is 5.02 Å². The first-order valence-electron chi connectivity index (χ1n) is 7.90. The smallest absolute Gasteiger partial charge is 0.338 e. The van der Waals surface area contributed by atoms with Crippen molar-refractivity contribution in [3.05, 3.63) is 47.0 Å². The Morgan fingerprint density at radius 1 is 1.15 bits per heavy atom. The molecular formula is C18H17ClN2O5. The summed E-state index contributed by atoms with van der Waals surface area (Å²) >= 11 is 5.82. The van der Waals surface area contributed by atoms with E-state index in [1.807, 2.05) is 0 Å². The number of amides is 1. The van der Waals surface area contributed by atoms with Crippen LogP contribution in [-0.2, 0) is 9.53 Å². The Bertz CT molecular complexity index is 855. The number of nitrogens with two attached hydrogens (primary N) is 1. The maximum absolute atomic E-state index is 12.3. The highest BCUT2D eigenvalue weighted by atomic mass is 35.5. The summed E-state index contributed by atoms with van der Waals surface area (Å²) in [5, 5.41) is 3.01. The maximum atomic E-state index is 12.3. The van der Waals surface area contributed by atoms with Gasteiger partial charge in [-0.05, 0) is 37.3 Å². The molecule has 0 saturated heterocycles. The van der Waals surface area contributed by atoms with Crippen LogP contribution >= 0.6 is 11.6 Å². The van der Waals surface area contributed by atoms with E-state index in [0.717, 1.165) is 0 Å². The summed E-state index contributed by atoms with van der Waals surface area (Å²) in [6.07, 6.45) is -1.01. The van der Waals surface area contributed by atoms with Crippen molar-refractivity contribution in [2.45, 2.75) is 13.0 Å². The van der Waals surface area contributed by atoms with Gasteiger partial charge in [0.2, 0.25) is 0 Å². The molecule has 136 valence electrons. The van der Waals surface area contributed by atoms with Gasteiger partial charge in [-0.2, -0.15) is 0 Å². The number of halogens is 1. The molecule has 3 N–H and O–H groups in total. The van der Waals surface area contributed by atoms with E-state index < -0.39 is 18.0 Å². The molecular weight excluding hydrogens is 360 g/mol. The van der Waals surface area contributed by atoms with Crippen LogP contribution in [0.1, 0.15) is 17.3 Å². The van der Waals surface area contributed by atoms with E-state index in [-0.39, 0.29) is 11.3 Å². The standard InChI is InChI=1S/C18H17ClN2O5/c1-10(26-18(23)11-2-4-13(19)14(20)8-11)17(22)21-12-3-5-15-16(9-12)25-7-6-24-15/h2-5,8-10H,6-7,20H2,1H3,(H,21,22)/t10-/m1/s1. The van der Waals surface area contributed by atoms with Gasteiger partial charge >= 0.3 is 5.97 Å². The Labute approximate surface area is 155 Å². The van der Waals surface area contributed by atoms with Crippen LogP contribution in [0.4, 0.5) is 11.4 Å². The number of benzene rings is 2. The third-order valence-electron chi connectivity index (χ3n) is 3.69. The topological polar surface area (TPSA) is 99.9 Å². The number of esters is 1. The lowest BCUT2D eigenvalue weighted by Crippen LogP contribution is -2.30. The zero-order valence-electron chi connectivity index (χ0n) is 14.0. The second kappa shape index (κ2) is 7.53. The van der Waals surface area contributed by atoms with Crippen LogP contribution in [0, 0.1) is 0 Å². The number of hydrogen-bond donors (Lipinski definition) is 2. The van der Waals surface area contributed by atoms with Gasteiger partial charge < -0.3 is 25.3 Å². The molecule has 1 heterocycles. The number of nitrogens with one attached hydrogen (secondary N) is 1. The number of fused-ring (bicyclic) bond motifs is 1. The van der Waals surface area contributed by atoms with E-state index in [9.17, 15) is 9.59 Å². The molecule has 0 fully saturated rings. The van der Waals surface area contributed by atoms with Gasteiger partial charge in [-0.3, -0.25) is 4.79 Å². The van der Waals surface area contributed by atoms with Gasteiger partial charge in [0.15, 0.2) is 17.6 Å². The van der Waals surface area contributed by atoms with Crippen molar-refractivity contribution in [1.82, 2.24) is 0 Å². The summed E-state index contributed by atoms with van der Waals surface area (Å²) in [5.41, 5.74) is 6.65. The molecule has 8 heteroatoms. The fraction of sp³-hybridized carbons (Fsp3) is 0.222. The van der Waals surface area contributed by atoms with Crippen LogP contribution < -0.4 is 20.5 Å². The van der Waals surface area contributed by atoms with E-state index in [1.54, 1.807) is 18.2 Å². The second-order valence-electron chi connectivity index (χ2n) is 5.63. The lowest BCUT2D eigenvalue weighted by molar-refractivity contribution is -0.123. The largest absolute Gasteiger partial charge is 0.486 e. The number of carbonyl (C=O) groups excluding carboxylic acids is 2. The molecule has 0 radical (unpaired) electrons. The molecule has 1 aliphatic rings. The predicted octanol–water partition coefficient (Wildman–Crippen LogP) is 2.88. The first-order chi connectivity index (χ1) is 12.4. The molecule has 0 spiro atoms. The minimum atomic E-state index is -1.01. The van der Waals surface area contributed by atoms with Gasteiger partial charge in [-0.25, -0.2) is 4.79 Å². The van der Waals surface area contributed by atoms with Crippen molar-refractivity contribution >= 4 is 34.9 Å². The number of carbonyl (C=O) groups is 2. The Kier molecular flexibility index (Phi) is 5.18. The number of anilines is 2. The molecule has 2 aromatic carbocycles. The molecule has 0 bridgehead atoms. The van der Waals surface area contributed by atoms with Crippen LogP contribution in [0.3, 0.4) is 0 Å². The minimum Gasteiger partial charge on any atom is -0.486 e. The number of ether oxygens (including phenoxy) is 3. The number of rotatable bonds is 4. The first-order valence-corrected chi connectivity index (χ1v) is 8.28. The molecule has 0 aliphatic carbocycles. The van der Waals surface area contributed by atoms with E-state index in [4.69, 9.17) is 31.5 Å². The highest BCUT2D eigenvalue weighted by molar-refractivity contribution is 6.33. The maximum Gasteiger partial charge on any atom is 0.338 e. The molecule has 3 rings (SSSR count). The zero-order valence-corrected chi connectivity index (χ0v) is 14.7. The third-order valence-corrected chi connectivity index (χ3v) is 4.04. The van der Waals surface area contributed by atoms with Gasteiger partial charge in [-0.1, -0.05) is 11.6 Å². The number of hydrogen-bond acceptors (Lipinski definition) is 6. The van der Waals surface area contributed by atoms with E-state index in [2.05, 4.69) is 5.32 Å². The van der Waals surface area contributed by atoms with Crippen molar-refractivity contribution in [2.75, 3.05) is 24.3 Å². The van der Waals surface area contributed by atoms with Gasteiger partial charge in [0.1, 0.15) is 13.2 Å². The van der Waals surface area contributed by atoms with Crippen molar-refractivity contribution < 1.29 is 23.8 Å². The summed E-state index contributed by atoms with van der Waals surface area (Å²) in [6.45, 7) is 2.41. The van der Waals surface area contributed by atoms with Crippen LogP contribution in [0.15, 0.2) is 36.4 Å². The first kappa shape index (κ1) is 17.9. The van der Waals surface area contributed by atoms with Crippen LogP contribution in [0.25, 0.3) is 0 Å². The van der Waals surface area contributed by atoms with Crippen molar-refractivity contribution in [3.63, 3.8) is 0 Å². The summed E-state index contributed by atoms with van der Waals surface area (Å²) in [6, 6.07) is 9.41. The molecule has 1 aliphatic heterocycles. The normalized spacial score (nSPS) is 13.6. The van der Waals surface area contributed by atoms with Gasteiger partial charge in [0.05, 0.1) is 16.3 Å². The third kappa shape index (κ3) is 4.00. The highest BCUT2D eigenvalue weighted by Gasteiger charge is 2.20. The lowest BCUT2D eigenvalue weighted by Gasteiger charge is -2.19. The molecule has 2 aromatic rings. The summed E-state index contributed by atoms with van der Waals surface area (Å²) in [4.78, 5) is 24.4. The summed E-state index contributed by atoms with van der Waals surface area (Å²) in [5.74, 6) is 0.0274. The van der Waals surface area contributed by atoms with Crippen molar-refractivity contribution in [3.8, 4) is 11.5 Å². The Morgan fingerprint density at radius 3 is 2.62 bits per heavy atom. The summed E-state index contributed by atoms with van der Waals surface area (Å²) < 4.78 is 16.1. The fourth-order valence-corrected chi connectivity index (χ4v) is 2.44. The van der Waals surface area contributed by atoms with Crippen LogP contribution in [0.5, 0.6) is 11.5 Å². The van der Waals surface area contributed by atoms with Gasteiger partial charge in [0, 0.05) is 11.8 Å². The SMILES string of the molecule is C[C@@H](OC(=O)c1ccc(Cl)c(N)c1)C(=O)Nc1ccc2c(c1)OCCO2. The predicted molar refractivity (Wildman–Crippen MR) is 96.8 cm³/mol. The molecule has 1 amide bonds. The Morgan fingerprint density at radius 2 is 1.88 bits per heavy atom. The van der Waals surface area contributed by atoms with E-state index in [1.165, 1.54) is 25.1 Å². The van der Waals surface area contributed by atoms with Crippen molar-refractivity contribution in [1.29, 1.82) is 0 Å². The molecule has 0 aromatic heterocycles. The highest BCUT2D eigenvalue weighted by Crippen LogP contribution is 2.32. The van der Waals surface area contributed by atoms with Gasteiger partial charge in [-0.15, -0.1) is 0 Å². The second-order valence-corrected chi connectivity index (χ2v) is 6.04. The average Bonchev–Trinajstić information content (AvgIpc) is 2.63. The lowest BCUT2D eigenvalue weighted by atomic mass is 10.2. The van der Waals surface area contributed by atoms with Crippen molar-refractivity contribution in [2.24, 2.45) is 0 Å². The molecule has 26 heavy (non-hydrogen) atoms. The summed E-state index contributed by atoms with van der Waals surface area (Å²) in [7, 11) is 0. The average molecular weight is 377 g/mol. The molecule has 0 unspecified atom stereocenters. The quantitative estimate of drug-likeness (QED) is 0.628. The Hall–Kier alpha value is -2.93. The fourth-order valence-electron chi connectivity index (χ4n) is 2.32. The van der Waals surface area contributed by atoms with E-state index >= 15 is 0 Å². The monoisotopic (exact) mass is 376 g/mol.